The van der Waals surface area contributed by atoms with Gasteiger partial charge in [0.1, 0.15) is 5.82 Å². The number of benzene rings is 1. The number of aryl methyl sites for hydroxylation is 1. The first kappa shape index (κ1) is 17.4. The number of amides is 2. The number of aromatic nitrogens is 1. The highest BCUT2D eigenvalue weighted by atomic mass is 19.1. The molecular formula is C17H18FN3O3. The van der Waals surface area contributed by atoms with Crippen LogP contribution in [-0.4, -0.2) is 23.4 Å². The van der Waals surface area contributed by atoms with E-state index in [1.807, 2.05) is 6.92 Å². The fraction of sp³-hybridized carbons (Fsp3) is 0.235. The second kappa shape index (κ2) is 8.05. The molecule has 1 aromatic carbocycles. The van der Waals surface area contributed by atoms with Crippen LogP contribution in [0.3, 0.4) is 0 Å². The number of hydrogen-bond donors (Lipinski definition) is 2. The van der Waals surface area contributed by atoms with Crippen LogP contribution in [0.15, 0.2) is 36.5 Å². The Balaban J connectivity index is 1.94. The summed E-state index contributed by atoms with van der Waals surface area (Å²) in [5.41, 5.74) is 1.33. The molecule has 0 saturated carbocycles. The number of carbonyl (C=O) groups is 2. The van der Waals surface area contributed by atoms with Crippen LogP contribution in [0.25, 0.3) is 0 Å². The molecule has 24 heavy (non-hydrogen) atoms. The lowest BCUT2D eigenvalue weighted by Gasteiger charge is -2.10. The van der Waals surface area contributed by atoms with Crippen LogP contribution in [0.2, 0.25) is 0 Å². The number of rotatable bonds is 5. The van der Waals surface area contributed by atoms with Crippen LogP contribution in [0.4, 0.5) is 10.1 Å². The quantitative estimate of drug-likeness (QED) is 0.823. The van der Waals surface area contributed by atoms with Crippen LogP contribution in [0, 0.1) is 12.7 Å². The summed E-state index contributed by atoms with van der Waals surface area (Å²) in [6, 6.07) is 7.66. The summed E-state index contributed by atoms with van der Waals surface area (Å²) in [4.78, 5) is 27.8. The third kappa shape index (κ3) is 4.52. The summed E-state index contributed by atoms with van der Waals surface area (Å²) in [5.74, 6) is -1.76. The third-order valence-corrected chi connectivity index (χ3v) is 3.21. The van der Waals surface area contributed by atoms with Crippen molar-refractivity contribution < 1.29 is 18.7 Å². The largest absolute Gasteiger partial charge is 0.478 e. The minimum Gasteiger partial charge on any atom is -0.478 e. The van der Waals surface area contributed by atoms with Crippen LogP contribution < -0.4 is 15.4 Å². The van der Waals surface area contributed by atoms with Crippen molar-refractivity contribution in [2.24, 2.45) is 0 Å². The number of carbonyl (C=O) groups excluding carboxylic acids is 2. The molecule has 2 rings (SSSR count). The molecule has 1 aromatic heterocycles. The topological polar surface area (TPSA) is 80.3 Å². The first-order chi connectivity index (χ1) is 11.5. The molecule has 0 aliphatic rings. The van der Waals surface area contributed by atoms with E-state index in [2.05, 4.69) is 15.6 Å². The molecule has 0 bridgehead atoms. The summed E-state index contributed by atoms with van der Waals surface area (Å²) in [6.07, 6.45) is 1.58. The lowest BCUT2D eigenvalue weighted by atomic mass is 10.2. The minimum absolute atomic E-state index is 0.0949. The fourth-order valence-corrected chi connectivity index (χ4v) is 1.94. The van der Waals surface area contributed by atoms with Gasteiger partial charge in [-0.1, -0.05) is 12.1 Å². The second-order valence-electron chi connectivity index (χ2n) is 5.00. The zero-order valence-corrected chi connectivity index (χ0v) is 13.4. The monoisotopic (exact) mass is 331 g/mol. The molecule has 2 N–H and O–H groups in total. The van der Waals surface area contributed by atoms with Crippen molar-refractivity contribution in [3.8, 4) is 5.88 Å². The number of ether oxygens (including phenoxy) is 1. The molecule has 0 saturated heterocycles. The van der Waals surface area contributed by atoms with E-state index in [9.17, 15) is 14.0 Å². The Hall–Kier alpha value is -2.96. The molecule has 0 unspecified atom stereocenters. The van der Waals surface area contributed by atoms with Gasteiger partial charge in [-0.3, -0.25) is 9.59 Å². The molecule has 6 nitrogen and oxygen atoms in total. The summed E-state index contributed by atoms with van der Waals surface area (Å²) < 4.78 is 18.8. The van der Waals surface area contributed by atoms with Crippen molar-refractivity contribution in [3.05, 3.63) is 53.5 Å². The molecular weight excluding hydrogens is 313 g/mol. The SMILES string of the molecule is CCOc1ncccc1CNC(=O)C(=O)Nc1ccc(C)c(F)c1. The number of hydrogen-bond acceptors (Lipinski definition) is 4. The van der Waals surface area contributed by atoms with E-state index in [0.717, 1.165) is 6.07 Å². The Morgan fingerprint density at radius 3 is 2.75 bits per heavy atom. The van der Waals surface area contributed by atoms with Gasteiger partial charge in [0.05, 0.1) is 6.61 Å². The number of halogens is 1. The molecule has 0 fully saturated rings. The molecule has 7 heteroatoms. The number of pyridine rings is 1. The van der Waals surface area contributed by atoms with Crippen molar-refractivity contribution in [2.75, 3.05) is 11.9 Å². The van der Waals surface area contributed by atoms with Gasteiger partial charge in [-0.25, -0.2) is 9.37 Å². The Bertz CT molecular complexity index is 750. The summed E-state index contributed by atoms with van der Waals surface area (Å²) in [7, 11) is 0. The van der Waals surface area contributed by atoms with Gasteiger partial charge in [0.15, 0.2) is 0 Å². The number of anilines is 1. The average molecular weight is 331 g/mol. The molecule has 126 valence electrons. The van der Waals surface area contributed by atoms with E-state index in [-0.39, 0.29) is 12.2 Å². The van der Waals surface area contributed by atoms with Crippen LogP contribution in [0.1, 0.15) is 18.1 Å². The lowest BCUT2D eigenvalue weighted by molar-refractivity contribution is -0.136. The molecule has 0 radical (unpaired) electrons. The Morgan fingerprint density at radius 1 is 1.25 bits per heavy atom. The van der Waals surface area contributed by atoms with Gasteiger partial charge >= 0.3 is 11.8 Å². The third-order valence-electron chi connectivity index (χ3n) is 3.21. The van der Waals surface area contributed by atoms with Gasteiger partial charge in [-0.15, -0.1) is 0 Å². The van der Waals surface area contributed by atoms with Gasteiger partial charge in [0, 0.05) is 24.0 Å². The van der Waals surface area contributed by atoms with Gasteiger partial charge in [-0.05, 0) is 37.6 Å². The van der Waals surface area contributed by atoms with E-state index in [1.54, 1.807) is 25.3 Å². The number of nitrogens with zero attached hydrogens (tertiary/aromatic N) is 1. The highest BCUT2D eigenvalue weighted by Gasteiger charge is 2.15. The summed E-state index contributed by atoms with van der Waals surface area (Å²) in [6.45, 7) is 3.97. The lowest BCUT2D eigenvalue weighted by Crippen LogP contribution is -2.35. The Labute approximate surface area is 139 Å². The zero-order valence-electron chi connectivity index (χ0n) is 13.4. The highest BCUT2D eigenvalue weighted by Crippen LogP contribution is 2.15. The van der Waals surface area contributed by atoms with Gasteiger partial charge in [0.25, 0.3) is 0 Å². The first-order valence-corrected chi connectivity index (χ1v) is 7.43. The normalized spacial score (nSPS) is 10.1. The maximum absolute atomic E-state index is 13.4. The molecule has 2 aromatic rings. The predicted octanol–water partition coefficient (Wildman–Crippen LogP) is 2.18. The van der Waals surface area contributed by atoms with Gasteiger partial charge in [-0.2, -0.15) is 0 Å². The van der Waals surface area contributed by atoms with E-state index in [1.165, 1.54) is 12.1 Å². The van der Waals surface area contributed by atoms with Gasteiger partial charge < -0.3 is 15.4 Å². The fourth-order valence-electron chi connectivity index (χ4n) is 1.94. The van der Waals surface area contributed by atoms with Crippen molar-refractivity contribution in [2.45, 2.75) is 20.4 Å². The maximum atomic E-state index is 13.4. The van der Waals surface area contributed by atoms with Crippen LogP contribution in [0.5, 0.6) is 5.88 Å². The molecule has 0 aliphatic carbocycles. The van der Waals surface area contributed by atoms with Crippen molar-refractivity contribution in [1.29, 1.82) is 0 Å². The van der Waals surface area contributed by atoms with Crippen molar-refractivity contribution in [1.82, 2.24) is 10.3 Å². The van der Waals surface area contributed by atoms with E-state index in [0.29, 0.717) is 23.6 Å². The van der Waals surface area contributed by atoms with Crippen LogP contribution in [-0.2, 0) is 16.1 Å². The highest BCUT2D eigenvalue weighted by molar-refractivity contribution is 6.39. The molecule has 0 spiro atoms. The number of nitrogens with one attached hydrogen (secondary N) is 2. The maximum Gasteiger partial charge on any atom is 0.313 e. The standard InChI is InChI=1S/C17H18FN3O3/c1-3-24-17-12(5-4-8-19-17)10-20-15(22)16(23)21-13-7-6-11(2)14(18)9-13/h4-9H,3,10H2,1-2H3,(H,20,22)(H,21,23). The van der Waals surface area contributed by atoms with Crippen LogP contribution >= 0.6 is 0 Å². The van der Waals surface area contributed by atoms with E-state index < -0.39 is 17.6 Å². The summed E-state index contributed by atoms with van der Waals surface area (Å²) in [5, 5.41) is 4.83. The van der Waals surface area contributed by atoms with Crippen molar-refractivity contribution >= 4 is 17.5 Å². The summed E-state index contributed by atoms with van der Waals surface area (Å²) >= 11 is 0. The first-order valence-electron chi connectivity index (χ1n) is 7.43. The Kier molecular flexibility index (Phi) is 5.83. The molecule has 0 aliphatic heterocycles. The zero-order chi connectivity index (χ0) is 17.5. The minimum atomic E-state index is -0.875. The molecule has 0 atom stereocenters. The smallest absolute Gasteiger partial charge is 0.313 e. The predicted molar refractivity (Wildman–Crippen MR) is 87.0 cm³/mol. The van der Waals surface area contributed by atoms with Crippen molar-refractivity contribution in [3.63, 3.8) is 0 Å². The molecule has 1 heterocycles. The van der Waals surface area contributed by atoms with E-state index >= 15 is 0 Å². The average Bonchev–Trinajstić information content (AvgIpc) is 2.57. The Morgan fingerprint density at radius 2 is 2.04 bits per heavy atom. The van der Waals surface area contributed by atoms with Gasteiger partial charge in [0.2, 0.25) is 5.88 Å². The van der Waals surface area contributed by atoms with E-state index in [4.69, 9.17) is 4.74 Å². The second-order valence-corrected chi connectivity index (χ2v) is 5.00. The molecule has 2 amide bonds.